The zero-order valence-corrected chi connectivity index (χ0v) is 14.8. The van der Waals surface area contributed by atoms with Gasteiger partial charge in [0.05, 0.1) is 27.0 Å². The number of anilines is 1. The van der Waals surface area contributed by atoms with Gasteiger partial charge < -0.3 is 5.32 Å². The molecular formula is C18H12Cl2F3N3. The Hall–Kier alpha value is -2.18. The van der Waals surface area contributed by atoms with Gasteiger partial charge in [-0.15, -0.1) is 0 Å². The van der Waals surface area contributed by atoms with Gasteiger partial charge in [-0.1, -0.05) is 47.5 Å². The molecule has 2 heterocycles. The number of halogens is 5. The van der Waals surface area contributed by atoms with Gasteiger partial charge in [-0.2, -0.15) is 18.3 Å². The van der Waals surface area contributed by atoms with E-state index in [0.717, 1.165) is 11.6 Å². The van der Waals surface area contributed by atoms with E-state index in [2.05, 4.69) is 10.4 Å². The summed E-state index contributed by atoms with van der Waals surface area (Å²) in [6.45, 7) is 0.618. The maximum atomic E-state index is 13.4. The Morgan fingerprint density at radius 2 is 1.81 bits per heavy atom. The normalized spacial score (nSPS) is 13.6. The van der Waals surface area contributed by atoms with Gasteiger partial charge in [-0.25, -0.2) is 4.68 Å². The van der Waals surface area contributed by atoms with Crippen molar-refractivity contribution in [3.8, 4) is 16.9 Å². The molecule has 134 valence electrons. The maximum absolute atomic E-state index is 13.4. The molecule has 8 heteroatoms. The molecule has 4 rings (SSSR count). The minimum atomic E-state index is -4.48. The summed E-state index contributed by atoms with van der Waals surface area (Å²) in [4.78, 5) is 0. The molecule has 0 unspecified atom stereocenters. The molecule has 0 spiro atoms. The van der Waals surface area contributed by atoms with Gasteiger partial charge in [0.1, 0.15) is 5.82 Å². The lowest BCUT2D eigenvalue weighted by molar-refractivity contribution is -0.137. The average molecular weight is 398 g/mol. The number of benzene rings is 2. The molecule has 1 aliphatic rings. The largest absolute Gasteiger partial charge is 0.418 e. The Bertz CT molecular complexity index is 996. The minimum absolute atomic E-state index is 0.0324. The Labute approximate surface area is 157 Å². The van der Waals surface area contributed by atoms with Crippen molar-refractivity contribution in [2.45, 2.75) is 12.6 Å². The molecule has 0 bridgehead atoms. The lowest BCUT2D eigenvalue weighted by Gasteiger charge is -2.14. The Morgan fingerprint density at radius 3 is 2.58 bits per heavy atom. The molecule has 0 atom stereocenters. The molecule has 26 heavy (non-hydrogen) atoms. The molecule has 1 N–H and O–H groups in total. The summed E-state index contributed by atoms with van der Waals surface area (Å²) >= 11 is 12.4. The first-order valence-electron chi connectivity index (χ1n) is 7.84. The maximum Gasteiger partial charge on any atom is 0.418 e. The molecule has 3 aromatic rings. The van der Waals surface area contributed by atoms with E-state index in [9.17, 15) is 13.2 Å². The summed E-state index contributed by atoms with van der Waals surface area (Å²) in [7, 11) is 0. The van der Waals surface area contributed by atoms with E-state index in [1.54, 1.807) is 24.3 Å². The Kier molecular flexibility index (Phi) is 4.12. The fourth-order valence-electron chi connectivity index (χ4n) is 3.15. The molecule has 0 amide bonds. The molecular weight excluding hydrogens is 386 g/mol. The Morgan fingerprint density at radius 1 is 1.04 bits per heavy atom. The molecule has 1 aromatic heterocycles. The van der Waals surface area contributed by atoms with E-state index in [0.29, 0.717) is 40.1 Å². The van der Waals surface area contributed by atoms with Crippen molar-refractivity contribution in [1.29, 1.82) is 0 Å². The van der Waals surface area contributed by atoms with Crippen molar-refractivity contribution in [2.75, 3.05) is 11.9 Å². The highest BCUT2D eigenvalue weighted by Crippen LogP contribution is 2.41. The SMILES string of the molecule is FC(F)(F)c1ccccc1-n1nc(-c2cccc(Cl)c2Cl)c2c1NCC2. The summed E-state index contributed by atoms with van der Waals surface area (Å²) in [5.74, 6) is 0.549. The van der Waals surface area contributed by atoms with Crippen LogP contribution in [0.5, 0.6) is 0 Å². The third-order valence-corrected chi connectivity index (χ3v) is 5.11. The fraction of sp³-hybridized carbons (Fsp3) is 0.167. The molecule has 1 aliphatic heterocycles. The number of nitrogens with zero attached hydrogens (tertiary/aromatic N) is 2. The van der Waals surface area contributed by atoms with Crippen molar-refractivity contribution >= 4 is 29.0 Å². The number of nitrogens with one attached hydrogen (secondary N) is 1. The monoisotopic (exact) mass is 397 g/mol. The van der Waals surface area contributed by atoms with Crippen molar-refractivity contribution < 1.29 is 13.2 Å². The van der Waals surface area contributed by atoms with Crippen LogP contribution in [0.2, 0.25) is 10.0 Å². The average Bonchev–Trinajstić information content (AvgIpc) is 3.19. The van der Waals surface area contributed by atoms with Crippen molar-refractivity contribution in [2.24, 2.45) is 0 Å². The zero-order valence-electron chi connectivity index (χ0n) is 13.2. The van der Waals surface area contributed by atoms with E-state index in [4.69, 9.17) is 23.2 Å². The predicted molar refractivity (Wildman–Crippen MR) is 96.2 cm³/mol. The second-order valence-electron chi connectivity index (χ2n) is 5.88. The summed E-state index contributed by atoms with van der Waals surface area (Å²) in [6.07, 6.45) is -3.84. The molecule has 0 saturated carbocycles. The summed E-state index contributed by atoms with van der Waals surface area (Å²) in [5, 5.41) is 8.29. The highest BCUT2D eigenvalue weighted by molar-refractivity contribution is 6.43. The summed E-state index contributed by atoms with van der Waals surface area (Å²) in [5.41, 5.74) is 1.18. The predicted octanol–water partition coefficient (Wildman–Crippen LogP) is 5.83. The van der Waals surface area contributed by atoms with Crippen LogP contribution in [0.1, 0.15) is 11.1 Å². The van der Waals surface area contributed by atoms with E-state index in [-0.39, 0.29) is 5.69 Å². The zero-order chi connectivity index (χ0) is 18.5. The summed E-state index contributed by atoms with van der Waals surface area (Å²) < 4.78 is 41.6. The van der Waals surface area contributed by atoms with Gasteiger partial charge in [0.15, 0.2) is 0 Å². The second kappa shape index (κ2) is 6.21. The van der Waals surface area contributed by atoms with Crippen molar-refractivity contribution in [1.82, 2.24) is 9.78 Å². The van der Waals surface area contributed by atoms with Gasteiger partial charge in [-0.3, -0.25) is 0 Å². The number of fused-ring (bicyclic) bond motifs is 1. The number of hydrogen-bond acceptors (Lipinski definition) is 2. The van der Waals surface area contributed by atoms with Crippen LogP contribution < -0.4 is 5.32 Å². The van der Waals surface area contributed by atoms with Crippen molar-refractivity contribution in [3.63, 3.8) is 0 Å². The van der Waals surface area contributed by atoms with Gasteiger partial charge in [-0.05, 0) is 24.6 Å². The van der Waals surface area contributed by atoms with Gasteiger partial charge in [0, 0.05) is 17.7 Å². The quantitative estimate of drug-likeness (QED) is 0.589. The third kappa shape index (κ3) is 2.73. The molecule has 3 nitrogen and oxygen atoms in total. The smallest absolute Gasteiger partial charge is 0.369 e. The van der Waals surface area contributed by atoms with Crippen LogP contribution in [0.15, 0.2) is 42.5 Å². The number of alkyl halides is 3. The number of rotatable bonds is 2. The lowest BCUT2D eigenvalue weighted by Crippen LogP contribution is -2.13. The standard InChI is InChI=1S/C18H12Cl2F3N3/c19-13-6-3-4-10(15(13)20)16-11-8-9-24-17(11)26(25-16)14-7-2-1-5-12(14)18(21,22)23/h1-7,24H,8-9H2. The van der Waals surface area contributed by atoms with E-state index in [1.165, 1.54) is 16.8 Å². The van der Waals surface area contributed by atoms with E-state index in [1.807, 2.05) is 0 Å². The van der Waals surface area contributed by atoms with Gasteiger partial charge in [0.2, 0.25) is 0 Å². The highest BCUT2D eigenvalue weighted by atomic mass is 35.5. The first-order valence-corrected chi connectivity index (χ1v) is 8.60. The molecule has 0 radical (unpaired) electrons. The number of hydrogen-bond donors (Lipinski definition) is 1. The molecule has 0 aliphatic carbocycles. The van der Waals surface area contributed by atoms with Crippen LogP contribution in [0.25, 0.3) is 16.9 Å². The Balaban J connectivity index is 1.96. The van der Waals surface area contributed by atoms with Crippen LogP contribution in [-0.2, 0) is 12.6 Å². The number of para-hydroxylation sites is 1. The van der Waals surface area contributed by atoms with Crippen LogP contribution in [0.4, 0.5) is 19.0 Å². The van der Waals surface area contributed by atoms with E-state index < -0.39 is 11.7 Å². The first kappa shape index (κ1) is 17.2. The third-order valence-electron chi connectivity index (χ3n) is 4.30. The lowest BCUT2D eigenvalue weighted by atomic mass is 10.1. The first-order chi connectivity index (χ1) is 12.4. The van der Waals surface area contributed by atoms with Gasteiger partial charge in [0.25, 0.3) is 0 Å². The second-order valence-corrected chi connectivity index (χ2v) is 6.67. The molecule has 2 aromatic carbocycles. The topological polar surface area (TPSA) is 29.9 Å². The minimum Gasteiger partial charge on any atom is -0.369 e. The summed E-state index contributed by atoms with van der Waals surface area (Å²) in [6, 6.07) is 10.5. The van der Waals surface area contributed by atoms with Crippen LogP contribution in [0, 0.1) is 0 Å². The van der Waals surface area contributed by atoms with E-state index >= 15 is 0 Å². The van der Waals surface area contributed by atoms with Crippen LogP contribution in [-0.4, -0.2) is 16.3 Å². The van der Waals surface area contributed by atoms with Crippen LogP contribution >= 0.6 is 23.2 Å². The van der Waals surface area contributed by atoms with Crippen LogP contribution in [0.3, 0.4) is 0 Å². The van der Waals surface area contributed by atoms with Crippen molar-refractivity contribution in [3.05, 3.63) is 63.6 Å². The van der Waals surface area contributed by atoms with Gasteiger partial charge >= 0.3 is 6.18 Å². The number of aromatic nitrogens is 2. The highest BCUT2D eigenvalue weighted by Gasteiger charge is 2.35. The molecule has 0 saturated heterocycles. The molecule has 0 fully saturated rings. The fourth-order valence-corrected chi connectivity index (χ4v) is 3.54.